The normalized spacial score (nSPS) is 24.0. The molecule has 3 atom stereocenters. The molecule has 122 valence electrons. The van der Waals surface area contributed by atoms with E-state index < -0.39 is 0 Å². The van der Waals surface area contributed by atoms with Crippen molar-refractivity contribution < 1.29 is 9.90 Å². The van der Waals surface area contributed by atoms with Crippen LogP contribution in [-0.4, -0.2) is 47.7 Å². The summed E-state index contributed by atoms with van der Waals surface area (Å²) >= 11 is 0. The molecule has 0 aromatic heterocycles. The van der Waals surface area contributed by atoms with Gasteiger partial charge in [0.25, 0.3) is 0 Å². The number of amides is 1. The highest BCUT2D eigenvalue weighted by Crippen LogP contribution is 2.18. The summed E-state index contributed by atoms with van der Waals surface area (Å²) in [6.07, 6.45) is 1.48. The number of aliphatic hydroxyl groups excluding tert-OH is 1. The van der Waals surface area contributed by atoms with Gasteiger partial charge in [-0.05, 0) is 50.3 Å². The molecule has 22 heavy (non-hydrogen) atoms. The minimum Gasteiger partial charge on any atom is -0.392 e. The molecule has 1 heterocycles. The lowest BCUT2D eigenvalue weighted by molar-refractivity contribution is -0.127. The molecule has 4 nitrogen and oxygen atoms in total. The highest BCUT2D eigenvalue weighted by Gasteiger charge is 2.29. The van der Waals surface area contributed by atoms with E-state index in [-0.39, 0.29) is 18.1 Å². The van der Waals surface area contributed by atoms with Crippen molar-refractivity contribution >= 4 is 5.91 Å². The maximum absolute atomic E-state index is 12.3. The Bertz CT molecular complexity index is 504. The Kier molecular flexibility index (Phi) is 5.98. The fraction of sp³-hybridized carbons (Fsp3) is 0.611. The van der Waals surface area contributed by atoms with Gasteiger partial charge in [-0.15, -0.1) is 0 Å². The summed E-state index contributed by atoms with van der Waals surface area (Å²) < 4.78 is 0. The van der Waals surface area contributed by atoms with Crippen molar-refractivity contribution in [1.29, 1.82) is 0 Å². The average molecular weight is 304 g/mol. The third-order valence-corrected chi connectivity index (χ3v) is 4.83. The van der Waals surface area contributed by atoms with E-state index >= 15 is 0 Å². The number of nitrogens with zero attached hydrogens (tertiary/aromatic N) is 1. The van der Waals surface area contributed by atoms with Crippen LogP contribution in [0.4, 0.5) is 0 Å². The van der Waals surface area contributed by atoms with Crippen LogP contribution in [0, 0.1) is 12.8 Å². The third-order valence-electron chi connectivity index (χ3n) is 4.83. The Labute approximate surface area is 133 Å². The van der Waals surface area contributed by atoms with Gasteiger partial charge in [0.1, 0.15) is 0 Å². The first-order chi connectivity index (χ1) is 10.5. The van der Waals surface area contributed by atoms with Gasteiger partial charge in [0.05, 0.1) is 12.1 Å². The van der Waals surface area contributed by atoms with E-state index in [0.29, 0.717) is 19.0 Å². The van der Waals surface area contributed by atoms with Crippen LogP contribution in [-0.2, 0) is 11.2 Å². The average Bonchev–Trinajstić information content (AvgIpc) is 2.51. The van der Waals surface area contributed by atoms with Crippen molar-refractivity contribution in [3.63, 3.8) is 0 Å². The first kappa shape index (κ1) is 17.0. The molecule has 0 radical (unpaired) electrons. The molecule has 0 bridgehead atoms. The predicted octanol–water partition coefficient (Wildman–Crippen LogP) is 1.74. The molecule has 1 aliphatic rings. The topological polar surface area (TPSA) is 52.6 Å². The summed E-state index contributed by atoms with van der Waals surface area (Å²) in [4.78, 5) is 14.3. The van der Waals surface area contributed by atoms with Crippen molar-refractivity contribution in [3.05, 3.63) is 35.4 Å². The number of aryl methyl sites for hydroxylation is 1. The molecular formula is C18H28N2O2. The highest BCUT2D eigenvalue weighted by atomic mass is 16.3. The molecule has 4 heteroatoms. The van der Waals surface area contributed by atoms with Crippen molar-refractivity contribution in [2.24, 2.45) is 5.92 Å². The number of carbonyl (C=O) groups excluding carboxylic acids is 1. The number of piperidine rings is 1. The molecule has 3 unspecified atom stereocenters. The SMILES string of the molecule is Cc1ccccc1CCNC(=O)C(C)N1CCC(C)C(O)C1. The maximum Gasteiger partial charge on any atom is 0.237 e. The van der Waals surface area contributed by atoms with E-state index in [1.165, 1.54) is 11.1 Å². The predicted molar refractivity (Wildman–Crippen MR) is 88.7 cm³/mol. The number of aliphatic hydroxyl groups is 1. The zero-order valence-corrected chi connectivity index (χ0v) is 13.9. The molecule has 0 spiro atoms. The van der Waals surface area contributed by atoms with Gasteiger partial charge in [-0.3, -0.25) is 9.69 Å². The Morgan fingerprint density at radius 1 is 1.45 bits per heavy atom. The zero-order chi connectivity index (χ0) is 16.1. The van der Waals surface area contributed by atoms with E-state index in [4.69, 9.17) is 0 Å². The van der Waals surface area contributed by atoms with Crippen LogP contribution >= 0.6 is 0 Å². The van der Waals surface area contributed by atoms with Crippen molar-refractivity contribution in [2.45, 2.75) is 45.8 Å². The molecule has 1 aromatic carbocycles. The zero-order valence-electron chi connectivity index (χ0n) is 13.9. The van der Waals surface area contributed by atoms with Gasteiger partial charge in [-0.2, -0.15) is 0 Å². The van der Waals surface area contributed by atoms with Crippen LogP contribution in [0.15, 0.2) is 24.3 Å². The number of hydrogen-bond acceptors (Lipinski definition) is 3. The lowest BCUT2D eigenvalue weighted by atomic mass is 9.95. The second-order valence-electron chi connectivity index (χ2n) is 6.47. The molecule has 2 N–H and O–H groups in total. The maximum atomic E-state index is 12.3. The van der Waals surface area contributed by atoms with E-state index in [2.05, 4.69) is 36.2 Å². The standard InChI is InChI=1S/C18H28N2O2/c1-13-6-4-5-7-16(13)8-10-19-18(22)15(3)20-11-9-14(2)17(21)12-20/h4-7,14-15,17,21H,8-12H2,1-3H3,(H,19,22). The minimum absolute atomic E-state index is 0.0512. The van der Waals surface area contributed by atoms with E-state index in [0.717, 1.165) is 19.4 Å². The van der Waals surface area contributed by atoms with Gasteiger partial charge >= 0.3 is 0 Å². The lowest BCUT2D eigenvalue weighted by Crippen LogP contribution is -2.52. The van der Waals surface area contributed by atoms with Crippen LogP contribution in [0.1, 0.15) is 31.4 Å². The van der Waals surface area contributed by atoms with Crippen LogP contribution in [0.3, 0.4) is 0 Å². The van der Waals surface area contributed by atoms with Crippen LogP contribution in [0.2, 0.25) is 0 Å². The first-order valence-corrected chi connectivity index (χ1v) is 8.23. The Hall–Kier alpha value is -1.39. The van der Waals surface area contributed by atoms with E-state index in [1.54, 1.807) is 0 Å². The molecule has 1 aromatic rings. The summed E-state index contributed by atoms with van der Waals surface area (Å²) in [7, 11) is 0. The van der Waals surface area contributed by atoms with Gasteiger partial charge in [0, 0.05) is 13.1 Å². The third kappa shape index (κ3) is 4.31. The Balaban J connectivity index is 1.78. The minimum atomic E-state index is -0.323. The highest BCUT2D eigenvalue weighted by molar-refractivity contribution is 5.81. The van der Waals surface area contributed by atoms with E-state index in [9.17, 15) is 9.90 Å². The summed E-state index contributed by atoms with van der Waals surface area (Å²) in [5, 5.41) is 13.0. The van der Waals surface area contributed by atoms with Gasteiger partial charge in [-0.25, -0.2) is 0 Å². The second kappa shape index (κ2) is 7.75. The molecule has 0 saturated carbocycles. The smallest absolute Gasteiger partial charge is 0.237 e. The summed E-state index contributed by atoms with van der Waals surface area (Å²) in [6, 6.07) is 8.08. The Morgan fingerprint density at radius 2 is 2.18 bits per heavy atom. The summed E-state index contributed by atoms with van der Waals surface area (Å²) in [6.45, 7) is 8.20. The summed E-state index contributed by atoms with van der Waals surface area (Å²) in [5.41, 5.74) is 2.54. The van der Waals surface area contributed by atoms with Gasteiger partial charge < -0.3 is 10.4 Å². The van der Waals surface area contributed by atoms with Crippen molar-refractivity contribution in [2.75, 3.05) is 19.6 Å². The first-order valence-electron chi connectivity index (χ1n) is 8.23. The number of likely N-dealkylation sites (tertiary alicyclic amines) is 1. The number of benzene rings is 1. The second-order valence-corrected chi connectivity index (χ2v) is 6.47. The number of β-amino-alcohol motifs (C(OH)–C–C–N with tert-alkyl or cyclic N) is 1. The molecule has 1 saturated heterocycles. The summed E-state index contributed by atoms with van der Waals surface area (Å²) in [5.74, 6) is 0.378. The molecule has 1 fully saturated rings. The molecule has 1 aliphatic heterocycles. The molecule has 0 aliphatic carbocycles. The van der Waals surface area contributed by atoms with Crippen LogP contribution < -0.4 is 5.32 Å². The quantitative estimate of drug-likeness (QED) is 0.871. The number of nitrogens with one attached hydrogen (secondary N) is 1. The fourth-order valence-corrected chi connectivity index (χ4v) is 2.95. The van der Waals surface area contributed by atoms with Gasteiger partial charge in [0.2, 0.25) is 5.91 Å². The van der Waals surface area contributed by atoms with Crippen molar-refractivity contribution in [1.82, 2.24) is 10.2 Å². The monoisotopic (exact) mass is 304 g/mol. The molecule has 2 rings (SSSR count). The van der Waals surface area contributed by atoms with Crippen LogP contribution in [0.5, 0.6) is 0 Å². The number of hydrogen-bond donors (Lipinski definition) is 2. The van der Waals surface area contributed by atoms with Crippen molar-refractivity contribution in [3.8, 4) is 0 Å². The number of rotatable bonds is 5. The van der Waals surface area contributed by atoms with Crippen LogP contribution in [0.25, 0.3) is 0 Å². The molecular weight excluding hydrogens is 276 g/mol. The van der Waals surface area contributed by atoms with Gasteiger partial charge in [0.15, 0.2) is 0 Å². The molecule has 1 amide bonds. The Morgan fingerprint density at radius 3 is 2.86 bits per heavy atom. The lowest BCUT2D eigenvalue weighted by Gasteiger charge is -2.37. The van der Waals surface area contributed by atoms with Gasteiger partial charge in [-0.1, -0.05) is 31.2 Å². The largest absolute Gasteiger partial charge is 0.392 e. The number of carbonyl (C=O) groups is 1. The van der Waals surface area contributed by atoms with E-state index in [1.807, 2.05) is 19.1 Å². The fourth-order valence-electron chi connectivity index (χ4n) is 2.95.